The number of carbonyl (C=O) groups excluding carboxylic acids is 1. The topological polar surface area (TPSA) is 54.5 Å². The van der Waals surface area contributed by atoms with Crippen LogP contribution in [0.5, 0.6) is 0 Å². The quantitative estimate of drug-likeness (QED) is 0.782. The number of halogens is 3. The molecule has 1 saturated carbocycles. The summed E-state index contributed by atoms with van der Waals surface area (Å²) < 4.78 is 36.4. The van der Waals surface area contributed by atoms with Crippen LogP contribution >= 0.6 is 22.3 Å². The molecule has 1 aromatic rings. The minimum Gasteiger partial charge on any atom is -0.339 e. The highest BCUT2D eigenvalue weighted by Crippen LogP contribution is 2.29. The number of hydrogen-bond acceptors (Lipinski definition) is 3. The van der Waals surface area contributed by atoms with E-state index in [1.807, 2.05) is 0 Å². The van der Waals surface area contributed by atoms with Crippen molar-refractivity contribution >= 4 is 37.2 Å². The Balaban J connectivity index is 2.42. The Bertz CT molecular complexity index is 672. The molecule has 1 aromatic carbocycles. The molecule has 116 valence electrons. The van der Waals surface area contributed by atoms with E-state index in [-0.39, 0.29) is 11.6 Å². The van der Waals surface area contributed by atoms with Gasteiger partial charge in [-0.3, -0.25) is 4.79 Å². The second kappa shape index (κ2) is 6.10. The molecule has 0 atom stereocenters. The molecule has 1 aliphatic rings. The zero-order valence-corrected chi connectivity index (χ0v) is 13.6. The van der Waals surface area contributed by atoms with E-state index in [1.165, 1.54) is 4.90 Å². The van der Waals surface area contributed by atoms with E-state index < -0.39 is 30.7 Å². The van der Waals surface area contributed by atoms with E-state index in [2.05, 4.69) is 0 Å². The van der Waals surface area contributed by atoms with Gasteiger partial charge >= 0.3 is 0 Å². The molecule has 0 aliphatic heterocycles. The van der Waals surface area contributed by atoms with E-state index in [0.717, 1.165) is 31.7 Å². The molecule has 1 amide bonds. The summed E-state index contributed by atoms with van der Waals surface area (Å²) >= 11 is 5.80. The van der Waals surface area contributed by atoms with Gasteiger partial charge < -0.3 is 4.90 Å². The van der Waals surface area contributed by atoms with Crippen LogP contribution in [0, 0.1) is 5.82 Å². The van der Waals surface area contributed by atoms with Crippen molar-refractivity contribution in [2.24, 2.45) is 0 Å². The van der Waals surface area contributed by atoms with Gasteiger partial charge in [0.05, 0.1) is 15.5 Å². The molecule has 0 unspecified atom stereocenters. The molecular weight excluding hydrogens is 340 g/mol. The fraction of sp³-hybridized carbons (Fsp3) is 0.462. The van der Waals surface area contributed by atoms with E-state index in [1.54, 1.807) is 7.05 Å². The lowest BCUT2D eigenvalue weighted by Gasteiger charge is -2.25. The molecule has 2 rings (SSSR count). The third-order valence-electron chi connectivity index (χ3n) is 3.71. The van der Waals surface area contributed by atoms with E-state index in [4.69, 9.17) is 22.3 Å². The van der Waals surface area contributed by atoms with Gasteiger partial charge in [0.2, 0.25) is 0 Å². The first-order chi connectivity index (χ1) is 9.71. The number of benzene rings is 1. The highest BCUT2D eigenvalue weighted by atomic mass is 35.7. The third-order valence-corrected chi connectivity index (χ3v) is 5.42. The van der Waals surface area contributed by atoms with Crippen molar-refractivity contribution in [1.29, 1.82) is 0 Å². The summed E-state index contributed by atoms with van der Waals surface area (Å²) in [6.07, 6.45) is 3.80. The Morgan fingerprint density at radius 2 is 1.90 bits per heavy atom. The molecule has 0 heterocycles. The molecule has 0 aromatic heterocycles. The average molecular weight is 354 g/mol. The van der Waals surface area contributed by atoms with Gasteiger partial charge in [-0.05, 0) is 25.0 Å². The fourth-order valence-electron chi connectivity index (χ4n) is 2.51. The molecule has 0 N–H and O–H groups in total. The Hall–Kier alpha value is -0.850. The lowest BCUT2D eigenvalue weighted by atomic mass is 10.1. The maximum atomic E-state index is 13.7. The number of hydrogen-bond donors (Lipinski definition) is 0. The Morgan fingerprint density at radius 3 is 2.43 bits per heavy atom. The first-order valence-electron chi connectivity index (χ1n) is 6.42. The lowest BCUT2D eigenvalue weighted by Crippen LogP contribution is -2.35. The van der Waals surface area contributed by atoms with Gasteiger partial charge in [-0.1, -0.05) is 24.4 Å². The molecule has 0 spiro atoms. The van der Waals surface area contributed by atoms with Crippen molar-refractivity contribution < 1.29 is 17.6 Å². The zero-order chi connectivity index (χ0) is 15.8. The van der Waals surface area contributed by atoms with Gasteiger partial charge in [-0.15, -0.1) is 0 Å². The molecule has 0 bridgehead atoms. The average Bonchev–Trinajstić information content (AvgIpc) is 2.92. The highest BCUT2D eigenvalue weighted by molar-refractivity contribution is 8.13. The third kappa shape index (κ3) is 3.49. The van der Waals surface area contributed by atoms with E-state index in [0.29, 0.717) is 6.07 Å². The van der Waals surface area contributed by atoms with Crippen molar-refractivity contribution in [3.05, 3.63) is 28.5 Å². The van der Waals surface area contributed by atoms with Crippen LogP contribution in [0.15, 0.2) is 17.0 Å². The molecule has 0 saturated heterocycles. The SMILES string of the molecule is CN(C(=O)c1cc(S(=O)(=O)Cl)cc(F)c1Cl)C1CCCC1. The minimum absolute atomic E-state index is 0.0629. The van der Waals surface area contributed by atoms with Crippen LogP contribution < -0.4 is 0 Å². The standard InChI is InChI=1S/C13H14Cl2FNO3S/c1-17(8-4-2-3-5-8)13(18)10-6-9(21(15,19)20)7-11(16)12(10)14/h6-8H,2-5H2,1H3. The molecule has 0 radical (unpaired) electrons. The summed E-state index contributed by atoms with van der Waals surface area (Å²) in [4.78, 5) is 13.4. The fourth-order valence-corrected chi connectivity index (χ4v) is 3.47. The Labute approximate surface area is 132 Å². The van der Waals surface area contributed by atoms with Crippen molar-refractivity contribution in [3.63, 3.8) is 0 Å². The van der Waals surface area contributed by atoms with Gasteiger partial charge in [-0.2, -0.15) is 0 Å². The number of nitrogens with zero attached hydrogens (tertiary/aromatic N) is 1. The second-order valence-electron chi connectivity index (χ2n) is 5.06. The van der Waals surface area contributed by atoms with Gasteiger partial charge in [0, 0.05) is 23.8 Å². The summed E-state index contributed by atoms with van der Waals surface area (Å²) in [5.74, 6) is -1.49. The van der Waals surface area contributed by atoms with Crippen LogP contribution in [0.4, 0.5) is 4.39 Å². The second-order valence-corrected chi connectivity index (χ2v) is 8.00. The van der Waals surface area contributed by atoms with Crippen LogP contribution in [0.2, 0.25) is 5.02 Å². The molecule has 21 heavy (non-hydrogen) atoms. The summed E-state index contributed by atoms with van der Waals surface area (Å²) in [6.45, 7) is 0. The predicted octanol–water partition coefficient (Wildman–Crippen LogP) is 3.42. The first kappa shape index (κ1) is 16.5. The summed E-state index contributed by atoms with van der Waals surface area (Å²) in [7, 11) is 2.67. The summed E-state index contributed by atoms with van der Waals surface area (Å²) in [5.41, 5.74) is -0.190. The van der Waals surface area contributed by atoms with E-state index >= 15 is 0 Å². The smallest absolute Gasteiger partial charge is 0.261 e. The first-order valence-corrected chi connectivity index (χ1v) is 9.11. The van der Waals surface area contributed by atoms with Crippen molar-refractivity contribution in [2.75, 3.05) is 7.05 Å². The normalized spacial score (nSPS) is 16.2. The monoisotopic (exact) mass is 353 g/mol. The van der Waals surface area contributed by atoms with Gasteiger partial charge in [0.1, 0.15) is 5.82 Å². The molecule has 1 fully saturated rings. The zero-order valence-electron chi connectivity index (χ0n) is 11.3. The van der Waals surface area contributed by atoms with Gasteiger partial charge in [-0.25, -0.2) is 12.8 Å². The largest absolute Gasteiger partial charge is 0.339 e. The Kier molecular flexibility index (Phi) is 4.80. The van der Waals surface area contributed by atoms with Crippen LogP contribution in [-0.4, -0.2) is 32.3 Å². The van der Waals surface area contributed by atoms with Crippen LogP contribution in [0.25, 0.3) is 0 Å². The number of carbonyl (C=O) groups is 1. The van der Waals surface area contributed by atoms with Crippen LogP contribution in [0.1, 0.15) is 36.0 Å². The molecule has 1 aliphatic carbocycles. The van der Waals surface area contributed by atoms with Gasteiger partial charge in [0.25, 0.3) is 15.0 Å². The number of amides is 1. The van der Waals surface area contributed by atoms with Crippen molar-refractivity contribution in [2.45, 2.75) is 36.6 Å². The molecular formula is C13H14Cl2FNO3S. The number of rotatable bonds is 3. The lowest BCUT2D eigenvalue weighted by molar-refractivity contribution is 0.0734. The van der Waals surface area contributed by atoms with Gasteiger partial charge in [0.15, 0.2) is 0 Å². The predicted molar refractivity (Wildman–Crippen MR) is 78.8 cm³/mol. The van der Waals surface area contributed by atoms with Crippen LogP contribution in [-0.2, 0) is 9.05 Å². The highest BCUT2D eigenvalue weighted by Gasteiger charge is 2.28. The summed E-state index contributed by atoms with van der Waals surface area (Å²) in [6, 6.07) is 1.78. The maximum absolute atomic E-state index is 13.7. The van der Waals surface area contributed by atoms with Crippen LogP contribution in [0.3, 0.4) is 0 Å². The minimum atomic E-state index is -4.14. The van der Waals surface area contributed by atoms with Crippen molar-refractivity contribution in [3.8, 4) is 0 Å². The maximum Gasteiger partial charge on any atom is 0.261 e. The van der Waals surface area contributed by atoms with E-state index in [9.17, 15) is 17.6 Å². The van der Waals surface area contributed by atoms with Crippen molar-refractivity contribution in [1.82, 2.24) is 4.90 Å². The molecule has 4 nitrogen and oxygen atoms in total. The molecule has 8 heteroatoms. The summed E-state index contributed by atoms with van der Waals surface area (Å²) in [5, 5.41) is -0.395. The Morgan fingerprint density at radius 1 is 1.33 bits per heavy atom.